The molecule has 0 saturated carbocycles. The van der Waals surface area contributed by atoms with Crippen molar-refractivity contribution in [1.29, 1.82) is 0 Å². The van der Waals surface area contributed by atoms with Crippen molar-refractivity contribution in [2.45, 2.75) is 4.90 Å². The van der Waals surface area contributed by atoms with Crippen molar-refractivity contribution in [3.05, 3.63) is 118 Å². The van der Waals surface area contributed by atoms with Gasteiger partial charge in [-0.05, 0) is 40.4 Å². The van der Waals surface area contributed by atoms with Crippen molar-refractivity contribution < 1.29 is 58.5 Å². The molecule has 0 unspecified atom stereocenters. The quantitative estimate of drug-likeness (QED) is 0.0783. The smallest absolute Gasteiger partial charge is 0.871 e. The maximum Gasteiger partial charge on any atom is 3.00 e. The van der Waals surface area contributed by atoms with Crippen LogP contribution in [0.3, 0.4) is 0 Å². The van der Waals surface area contributed by atoms with E-state index in [0.29, 0.717) is 10.8 Å². The number of nitro benzene ring substituents is 1. The van der Waals surface area contributed by atoms with Gasteiger partial charge < -0.3 is 25.0 Å². The Hall–Kier alpha value is -5.63. The van der Waals surface area contributed by atoms with Gasteiger partial charge in [0.2, 0.25) is 0 Å². The fourth-order valence-electron chi connectivity index (χ4n) is 4.37. The number of hydrogen-bond acceptors (Lipinski definition) is 13. The molecule has 0 aromatic heterocycles. The van der Waals surface area contributed by atoms with E-state index in [-0.39, 0.29) is 53.7 Å². The normalized spacial score (nSPS) is 11.4. The van der Waals surface area contributed by atoms with Crippen molar-refractivity contribution in [1.82, 2.24) is 0 Å². The van der Waals surface area contributed by atoms with Gasteiger partial charge in [-0.15, -0.1) is 0 Å². The molecule has 0 atom stereocenters. The van der Waals surface area contributed by atoms with E-state index in [0.717, 1.165) is 35.0 Å². The maximum atomic E-state index is 12.3. The van der Waals surface area contributed by atoms with Gasteiger partial charge in [-0.25, -0.2) is 8.42 Å². The minimum Gasteiger partial charge on any atom is -0.871 e. The molecule has 0 aliphatic heterocycles. The molecule has 0 spiro atoms. The van der Waals surface area contributed by atoms with Gasteiger partial charge in [0.05, 0.1) is 32.6 Å². The van der Waals surface area contributed by atoms with Crippen molar-refractivity contribution in [3.63, 3.8) is 0 Å². The zero-order valence-electron chi connectivity index (χ0n) is 26.4. The van der Waals surface area contributed by atoms with Crippen molar-refractivity contribution in [2.75, 3.05) is 0 Å². The number of nitrogens with zero attached hydrogens (tertiary/aromatic N) is 5. The van der Waals surface area contributed by atoms with Crippen LogP contribution in [0.1, 0.15) is 2.85 Å². The number of fused-ring (bicyclic) bond motifs is 2. The molecule has 6 aromatic rings. The summed E-state index contributed by atoms with van der Waals surface area (Å²) >= 11 is 5.71. The number of halogens is 1. The van der Waals surface area contributed by atoms with Crippen LogP contribution in [0.2, 0.25) is 5.02 Å². The minimum atomic E-state index is -5.01. The van der Waals surface area contributed by atoms with Crippen molar-refractivity contribution in [3.8, 4) is 23.0 Å². The Morgan fingerprint density at radius 2 is 1.20 bits per heavy atom. The molecule has 17 heteroatoms. The zero-order valence-corrected chi connectivity index (χ0v) is 27.3. The van der Waals surface area contributed by atoms with E-state index < -0.39 is 42.9 Å². The minimum absolute atomic E-state index is 0. The summed E-state index contributed by atoms with van der Waals surface area (Å²) in [7, 11) is -5.01. The first-order chi connectivity index (χ1) is 22.8. The number of nitro groups is 1. The van der Waals surface area contributed by atoms with E-state index in [1.165, 1.54) is 18.2 Å². The van der Waals surface area contributed by atoms with E-state index in [2.05, 4.69) is 20.5 Å². The van der Waals surface area contributed by atoms with Crippen LogP contribution in [0.25, 0.3) is 21.5 Å². The summed E-state index contributed by atoms with van der Waals surface area (Å²) in [6.07, 6.45) is 0. The van der Waals surface area contributed by atoms with Gasteiger partial charge in [0.15, 0.2) is 0 Å². The average molecular weight is 737 g/mol. The summed E-state index contributed by atoms with van der Waals surface area (Å²) in [4.78, 5) is 8.92. The molecule has 6 aromatic carbocycles. The fraction of sp³-hybridized carbons (Fsp3) is 0. The number of benzene rings is 6. The van der Waals surface area contributed by atoms with Gasteiger partial charge in [0.25, 0.3) is 5.69 Å². The number of rotatable bonds is 6. The molecule has 6 rings (SSSR count). The van der Waals surface area contributed by atoms with E-state index in [4.69, 9.17) is 11.6 Å². The SMILES string of the molecule is O=S(=O)([O-])c1cc(Cl)cc(N=Nc2ccc3ccccc3c2[O-])c1[O-].O=[N+]([O-])c1ccc(N=Nc2c([O-])ccc3ccccc23)c([O-])c1.[Cr+3].[H+].[H+]. The number of non-ortho nitro benzene ring substituents is 1. The third-order valence-electron chi connectivity index (χ3n) is 6.67. The first-order valence-corrected chi connectivity index (χ1v) is 15.2. The van der Waals surface area contributed by atoms with Crippen LogP contribution >= 0.6 is 11.6 Å². The van der Waals surface area contributed by atoms with Gasteiger partial charge in [-0.2, -0.15) is 20.5 Å². The molecule has 0 N–H and O–H groups in total. The topological polar surface area (TPSA) is 242 Å². The molecule has 49 heavy (non-hydrogen) atoms. The second kappa shape index (κ2) is 15.1. The third-order valence-corrected chi connectivity index (χ3v) is 7.73. The van der Waals surface area contributed by atoms with Gasteiger partial charge in [-0.3, -0.25) is 10.1 Å². The molecule has 0 amide bonds. The Bertz CT molecular complexity index is 2400. The Balaban J connectivity index is 0.000000335. The molecule has 0 saturated heterocycles. The summed E-state index contributed by atoms with van der Waals surface area (Å²) < 4.78 is 33.3. The van der Waals surface area contributed by atoms with Crippen LogP contribution < -0.4 is 20.4 Å². The molecular weight excluding hydrogens is 718 g/mol. The molecular formula is C32H19ClCrN5O9S. The van der Waals surface area contributed by atoms with Gasteiger partial charge >= 0.3 is 20.2 Å². The van der Waals surface area contributed by atoms with Crippen LogP contribution in [0, 0.1) is 10.1 Å². The number of hydrogen-bond donors (Lipinski definition) is 0. The molecule has 0 aliphatic rings. The average Bonchev–Trinajstić information content (AvgIpc) is 3.05. The molecule has 0 heterocycles. The summed E-state index contributed by atoms with van der Waals surface area (Å²) in [6.45, 7) is 0. The van der Waals surface area contributed by atoms with Crippen molar-refractivity contribution >= 4 is 71.7 Å². The second-order valence-electron chi connectivity index (χ2n) is 9.78. The zero-order chi connectivity index (χ0) is 34.6. The molecule has 0 bridgehead atoms. The van der Waals surface area contributed by atoms with Crippen LogP contribution in [-0.4, -0.2) is 17.9 Å². The van der Waals surface area contributed by atoms with Crippen LogP contribution in [0.15, 0.2) is 128 Å². The van der Waals surface area contributed by atoms with Crippen molar-refractivity contribution in [2.24, 2.45) is 20.5 Å². The van der Waals surface area contributed by atoms with E-state index in [1.54, 1.807) is 48.5 Å². The van der Waals surface area contributed by atoms with Crippen LogP contribution in [0.5, 0.6) is 23.0 Å². The predicted octanol–water partition coefficient (Wildman–Crippen LogP) is 6.49. The Morgan fingerprint density at radius 1 is 0.633 bits per heavy atom. The summed E-state index contributed by atoms with van der Waals surface area (Å²) in [5, 5.41) is 76.1. The monoisotopic (exact) mass is 736 g/mol. The van der Waals surface area contributed by atoms with Crippen LogP contribution in [0.4, 0.5) is 28.4 Å². The molecule has 245 valence electrons. The van der Waals surface area contributed by atoms with Crippen LogP contribution in [-0.2, 0) is 27.5 Å². The molecule has 0 fully saturated rings. The first-order valence-electron chi connectivity index (χ1n) is 13.5. The Morgan fingerprint density at radius 3 is 1.86 bits per heavy atom. The van der Waals surface area contributed by atoms with E-state index in [9.17, 15) is 43.5 Å². The van der Waals surface area contributed by atoms with E-state index >= 15 is 0 Å². The first kappa shape index (κ1) is 36.2. The third kappa shape index (κ3) is 8.27. The van der Waals surface area contributed by atoms with Gasteiger partial charge in [-0.1, -0.05) is 101 Å². The number of azo groups is 2. The van der Waals surface area contributed by atoms with Gasteiger partial charge in [0.1, 0.15) is 10.1 Å². The van der Waals surface area contributed by atoms with Gasteiger partial charge in [0, 0.05) is 22.5 Å². The predicted molar refractivity (Wildman–Crippen MR) is 169 cm³/mol. The summed E-state index contributed by atoms with van der Waals surface area (Å²) in [6, 6.07) is 25.2. The largest absolute Gasteiger partial charge is 3.00 e. The summed E-state index contributed by atoms with van der Waals surface area (Å²) in [5.74, 6) is -2.47. The standard InChI is InChI=1S/C16H11ClN2O5S.C16H11N3O4.Cr/c17-10-7-13(16(21)14(8-10)25(22,23)24)19-18-12-6-5-9-3-1-2-4-11(9)15(12)20;20-14-8-5-10-3-1-2-4-12(10)16(14)18-17-13-7-6-11(19(22)23)9-15(13)21;/h1-8,20-21H,(H,22,23,24);1-9,20-21H;/q;;+3/p-3. The Labute approximate surface area is 295 Å². The Kier molecular flexibility index (Phi) is 11.1. The summed E-state index contributed by atoms with van der Waals surface area (Å²) in [5.41, 5.74) is -0.744. The maximum absolute atomic E-state index is 12.3. The molecule has 14 nitrogen and oxygen atoms in total. The fourth-order valence-corrected chi connectivity index (χ4v) is 5.25. The second-order valence-corrected chi connectivity index (χ2v) is 11.6. The molecule has 1 radical (unpaired) electrons. The van der Waals surface area contributed by atoms with E-state index in [1.807, 2.05) is 12.1 Å². The molecule has 0 aliphatic carbocycles.